The van der Waals surface area contributed by atoms with Crippen molar-refractivity contribution in [1.29, 1.82) is 0 Å². The minimum Gasteiger partial charge on any atom is -0.489 e. The van der Waals surface area contributed by atoms with Crippen molar-refractivity contribution in [3.8, 4) is 17.6 Å². The van der Waals surface area contributed by atoms with Crippen molar-refractivity contribution in [2.75, 3.05) is 5.88 Å². The number of hydrogen-bond acceptors (Lipinski definition) is 1. The van der Waals surface area contributed by atoms with E-state index in [1.807, 2.05) is 18.2 Å². The molecule has 0 amide bonds. The second-order valence-electron chi connectivity index (χ2n) is 4.30. The Balaban J connectivity index is 2.02. The van der Waals surface area contributed by atoms with E-state index in [9.17, 15) is 4.39 Å². The van der Waals surface area contributed by atoms with Gasteiger partial charge in [-0.25, -0.2) is 4.39 Å². The van der Waals surface area contributed by atoms with Gasteiger partial charge in [0.25, 0.3) is 0 Å². The van der Waals surface area contributed by atoms with E-state index in [2.05, 4.69) is 11.8 Å². The molecule has 0 aliphatic rings. The van der Waals surface area contributed by atoms with Gasteiger partial charge in [-0.3, -0.25) is 0 Å². The van der Waals surface area contributed by atoms with Crippen LogP contribution in [0.2, 0.25) is 5.02 Å². The Bertz CT molecular complexity index is 674. The highest BCUT2D eigenvalue weighted by molar-refractivity contribution is 6.30. The molecule has 0 spiro atoms. The van der Waals surface area contributed by atoms with Gasteiger partial charge in [0.15, 0.2) is 0 Å². The van der Waals surface area contributed by atoms with E-state index in [0.29, 0.717) is 35.2 Å². The van der Waals surface area contributed by atoms with Crippen molar-refractivity contribution < 1.29 is 9.13 Å². The zero-order chi connectivity index (χ0) is 15.1. The molecule has 2 aromatic rings. The third-order valence-electron chi connectivity index (χ3n) is 2.68. The molecule has 0 aliphatic carbocycles. The third kappa shape index (κ3) is 4.97. The molecule has 2 aromatic carbocycles. The number of hydrogen-bond donors (Lipinski definition) is 0. The molecule has 0 saturated carbocycles. The lowest BCUT2D eigenvalue weighted by Gasteiger charge is -2.07. The van der Waals surface area contributed by atoms with Crippen LogP contribution in [0, 0.1) is 17.7 Å². The maximum Gasteiger partial charge on any atom is 0.142 e. The Morgan fingerprint density at radius 3 is 2.71 bits per heavy atom. The molecule has 0 heterocycles. The van der Waals surface area contributed by atoms with Crippen LogP contribution in [0.1, 0.15) is 17.5 Å². The third-order valence-corrected chi connectivity index (χ3v) is 3.10. The average Bonchev–Trinajstić information content (AvgIpc) is 2.47. The van der Waals surface area contributed by atoms with Gasteiger partial charge in [0, 0.05) is 23.4 Å². The van der Waals surface area contributed by atoms with Crippen molar-refractivity contribution in [2.24, 2.45) is 0 Å². The van der Waals surface area contributed by atoms with Gasteiger partial charge in [-0.15, -0.1) is 11.6 Å². The summed E-state index contributed by atoms with van der Waals surface area (Å²) in [6.45, 7) is 0.331. The molecular weight excluding hydrogens is 310 g/mol. The smallest absolute Gasteiger partial charge is 0.142 e. The number of ether oxygens (including phenoxy) is 1. The first kappa shape index (κ1) is 15.7. The van der Waals surface area contributed by atoms with Crippen LogP contribution in [-0.2, 0) is 6.61 Å². The standard InChI is InChI=1S/C17H13Cl2FO/c18-9-2-1-5-14-7-8-16(11-17(14)20)21-12-13-4-3-6-15(19)10-13/h3-4,6-8,10-11H,2,9,12H2. The Morgan fingerprint density at radius 1 is 1.14 bits per heavy atom. The zero-order valence-corrected chi connectivity index (χ0v) is 12.7. The van der Waals surface area contributed by atoms with Crippen molar-refractivity contribution in [3.63, 3.8) is 0 Å². The molecule has 108 valence electrons. The van der Waals surface area contributed by atoms with Gasteiger partial charge in [-0.2, -0.15) is 0 Å². The van der Waals surface area contributed by atoms with Crippen molar-refractivity contribution >= 4 is 23.2 Å². The van der Waals surface area contributed by atoms with Crippen LogP contribution in [0.4, 0.5) is 4.39 Å². The molecule has 0 N–H and O–H groups in total. The summed E-state index contributed by atoms with van der Waals surface area (Å²) < 4.78 is 19.4. The zero-order valence-electron chi connectivity index (χ0n) is 11.2. The van der Waals surface area contributed by atoms with Crippen LogP contribution in [-0.4, -0.2) is 5.88 Å². The van der Waals surface area contributed by atoms with Gasteiger partial charge >= 0.3 is 0 Å². The van der Waals surface area contributed by atoms with Crippen LogP contribution in [0.25, 0.3) is 0 Å². The summed E-state index contributed by atoms with van der Waals surface area (Å²) in [6, 6.07) is 12.0. The first-order valence-corrected chi connectivity index (χ1v) is 7.32. The predicted molar refractivity (Wildman–Crippen MR) is 84.4 cm³/mol. The number of halogens is 3. The fourth-order valence-electron chi connectivity index (χ4n) is 1.69. The molecule has 0 radical (unpaired) electrons. The average molecular weight is 323 g/mol. The fourth-order valence-corrected chi connectivity index (χ4v) is 1.99. The minimum atomic E-state index is -0.402. The maximum atomic E-state index is 13.8. The van der Waals surface area contributed by atoms with Crippen molar-refractivity contribution in [2.45, 2.75) is 13.0 Å². The molecule has 21 heavy (non-hydrogen) atoms. The van der Waals surface area contributed by atoms with Crippen LogP contribution >= 0.6 is 23.2 Å². The predicted octanol–water partition coefficient (Wildman–Crippen LogP) is 5.04. The van der Waals surface area contributed by atoms with E-state index < -0.39 is 5.82 Å². The highest BCUT2D eigenvalue weighted by atomic mass is 35.5. The summed E-state index contributed by atoms with van der Waals surface area (Å²) in [5, 5.41) is 0.646. The lowest BCUT2D eigenvalue weighted by atomic mass is 10.2. The highest BCUT2D eigenvalue weighted by Crippen LogP contribution is 2.18. The normalized spacial score (nSPS) is 9.86. The van der Waals surface area contributed by atoms with Gasteiger partial charge in [-0.1, -0.05) is 35.6 Å². The molecule has 0 aromatic heterocycles. The summed E-state index contributed by atoms with van der Waals surface area (Å²) in [7, 11) is 0. The Morgan fingerprint density at radius 2 is 2.00 bits per heavy atom. The summed E-state index contributed by atoms with van der Waals surface area (Å²) in [6.07, 6.45) is 0.536. The lowest BCUT2D eigenvalue weighted by Crippen LogP contribution is -1.96. The van der Waals surface area contributed by atoms with E-state index in [4.69, 9.17) is 27.9 Å². The minimum absolute atomic E-state index is 0.331. The molecular formula is C17H13Cl2FO. The van der Waals surface area contributed by atoms with Crippen LogP contribution in [0.15, 0.2) is 42.5 Å². The molecule has 0 unspecified atom stereocenters. The Labute approximate surface area is 133 Å². The van der Waals surface area contributed by atoms with Crippen molar-refractivity contribution in [1.82, 2.24) is 0 Å². The summed E-state index contributed by atoms with van der Waals surface area (Å²) in [5.41, 5.74) is 1.27. The molecule has 0 atom stereocenters. The largest absolute Gasteiger partial charge is 0.489 e. The molecule has 2 rings (SSSR count). The summed E-state index contributed by atoms with van der Waals surface area (Å²) >= 11 is 11.4. The topological polar surface area (TPSA) is 9.23 Å². The second kappa shape index (κ2) is 7.93. The highest BCUT2D eigenvalue weighted by Gasteiger charge is 2.03. The van der Waals surface area contributed by atoms with Gasteiger partial charge in [-0.05, 0) is 29.8 Å². The molecule has 4 heteroatoms. The number of rotatable bonds is 4. The first-order valence-electron chi connectivity index (χ1n) is 6.40. The quantitative estimate of drug-likeness (QED) is 0.566. The van der Waals surface area contributed by atoms with E-state index in [1.54, 1.807) is 18.2 Å². The first-order chi connectivity index (χ1) is 10.2. The second-order valence-corrected chi connectivity index (χ2v) is 5.12. The molecule has 1 nitrogen and oxygen atoms in total. The Kier molecular flexibility index (Phi) is 5.92. The molecule has 0 aliphatic heterocycles. The van der Waals surface area contributed by atoms with E-state index >= 15 is 0 Å². The summed E-state index contributed by atoms with van der Waals surface area (Å²) in [4.78, 5) is 0. The van der Waals surface area contributed by atoms with Gasteiger partial charge in [0.1, 0.15) is 18.2 Å². The van der Waals surface area contributed by atoms with E-state index in [0.717, 1.165) is 5.56 Å². The van der Waals surface area contributed by atoms with E-state index in [-0.39, 0.29) is 0 Å². The fraction of sp³-hybridized carbons (Fsp3) is 0.176. The van der Waals surface area contributed by atoms with Crippen LogP contribution < -0.4 is 4.74 Å². The lowest BCUT2D eigenvalue weighted by molar-refractivity contribution is 0.304. The summed E-state index contributed by atoms with van der Waals surface area (Å²) in [5.74, 6) is 6.03. The number of benzene rings is 2. The van der Waals surface area contributed by atoms with Gasteiger partial charge < -0.3 is 4.74 Å². The van der Waals surface area contributed by atoms with Gasteiger partial charge in [0.2, 0.25) is 0 Å². The van der Waals surface area contributed by atoms with Crippen LogP contribution in [0.3, 0.4) is 0 Å². The van der Waals surface area contributed by atoms with Gasteiger partial charge in [0.05, 0.1) is 5.56 Å². The molecule has 0 saturated heterocycles. The van der Waals surface area contributed by atoms with Crippen LogP contribution in [0.5, 0.6) is 5.75 Å². The van der Waals surface area contributed by atoms with E-state index in [1.165, 1.54) is 6.07 Å². The monoisotopic (exact) mass is 322 g/mol. The Hall–Kier alpha value is -1.69. The SMILES string of the molecule is Fc1cc(OCc2cccc(Cl)c2)ccc1C#CCCCl. The van der Waals surface area contributed by atoms with Crippen molar-refractivity contribution in [3.05, 3.63) is 64.4 Å². The molecule has 0 bridgehead atoms. The maximum absolute atomic E-state index is 13.8. The number of alkyl halides is 1. The molecule has 0 fully saturated rings.